The highest BCUT2D eigenvalue weighted by atomic mass is 32.2. The van der Waals surface area contributed by atoms with Gasteiger partial charge in [-0.1, -0.05) is 20.3 Å². The monoisotopic (exact) mass is 276 g/mol. The van der Waals surface area contributed by atoms with Crippen LogP contribution in [-0.4, -0.2) is 37.1 Å². The van der Waals surface area contributed by atoms with E-state index in [-0.39, 0.29) is 12.1 Å². The summed E-state index contributed by atoms with van der Waals surface area (Å²) < 4.78 is 26.5. The minimum absolute atomic E-state index is 0.187. The fraction of sp³-hybridized carbons (Fsp3) is 1.00. The third-order valence-electron chi connectivity index (χ3n) is 3.71. The third-order valence-corrected chi connectivity index (χ3v) is 5.71. The van der Waals surface area contributed by atoms with Crippen molar-refractivity contribution in [2.45, 2.75) is 70.9 Å². The Hall–Kier alpha value is -0.130. The van der Waals surface area contributed by atoms with Gasteiger partial charge in [0.15, 0.2) is 0 Å². The Morgan fingerprint density at radius 3 is 2.22 bits per heavy atom. The number of rotatable bonds is 7. The second-order valence-corrected chi connectivity index (χ2v) is 7.39. The largest absolute Gasteiger partial charge is 0.328 e. The van der Waals surface area contributed by atoms with E-state index >= 15 is 0 Å². The van der Waals surface area contributed by atoms with E-state index in [1.807, 2.05) is 13.8 Å². The molecule has 0 radical (unpaired) electrons. The minimum atomic E-state index is -3.07. The maximum atomic E-state index is 12.4. The molecule has 0 atom stereocenters. The topological polar surface area (TPSA) is 63.4 Å². The van der Waals surface area contributed by atoms with E-state index in [1.165, 1.54) is 0 Å². The molecule has 1 rings (SSSR count). The summed E-state index contributed by atoms with van der Waals surface area (Å²) in [6, 6.07) is 0.453. The molecular weight excluding hydrogens is 248 g/mol. The van der Waals surface area contributed by atoms with Gasteiger partial charge in [-0.25, -0.2) is 8.42 Å². The fourth-order valence-corrected chi connectivity index (χ4v) is 4.62. The molecule has 0 unspecified atom stereocenters. The molecule has 4 nitrogen and oxygen atoms in total. The van der Waals surface area contributed by atoms with Crippen LogP contribution in [0.15, 0.2) is 0 Å². The Balaban J connectivity index is 2.69. The standard InChI is InChI=1S/C13H28N2O2S/c1-3-5-11-18(16,17)15(10-4-2)13-8-6-12(14)7-9-13/h12-13H,3-11,14H2,1-2H3. The minimum Gasteiger partial charge on any atom is -0.328 e. The van der Waals surface area contributed by atoms with Gasteiger partial charge in [0.2, 0.25) is 10.0 Å². The Morgan fingerprint density at radius 2 is 1.72 bits per heavy atom. The first-order valence-electron chi connectivity index (χ1n) is 7.26. The lowest BCUT2D eigenvalue weighted by Gasteiger charge is -2.35. The van der Waals surface area contributed by atoms with Crippen LogP contribution in [0.1, 0.15) is 58.8 Å². The van der Waals surface area contributed by atoms with Crippen molar-refractivity contribution in [2.24, 2.45) is 5.73 Å². The summed E-state index contributed by atoms with van der Waals surface area (Å²) in [6.45, 7) is 4.72. The van der Waals surface area contributed by atoms with Gasteiger partial charge in [0.05, 0.1) is 5.75 Å². The molecule has 5 heteroatoms. The summed E-state index contributed by atoms with van der Waals surface area (Å²) in [5.41, 5.74) is 5.89. The molecule has 0 aliphatic heterocycles. The van der Waals surface area contributed by atoms with Crippen molar-refractivity contribution in [3.8, 4) is 0 Å². The van der Waals surface area contributed by atoms with Gasteiger partial charge < -0.3 is 5.73 Å². The summed E-state index contributed by atoms with van der Waals surface area (Å²) in [4.78, 5) is 0. The summed E-state index contributed by atoms with van der Waals surface area (Å²) in [7, 11) is -3.07. The molecule has 0 spiro atoms. The van der Waals surface area contributed by atoms with Crippen molar-refractivity contribution in [1.82, 2.24) is 4.31 Å². The van der Waals surface area contributed by atoms with Gasteiger partial charge in [0.1, 0.15) is 0 Å². The van der Waals surface area contributed by atoms with Crippen LogP contribution in [0.2, 0.25) is 0 Å². The highest BCUT2D eigenvalue weighted by Gasteiger charge is 2.31. The molecule has 0 amide bonds. The van der Waals surface area contributed by atoms with Crippen molar-refractivity contribution < 1.29 is 8.42 Å². The van der Waals surface area contributed by atoms with Crippen molar-refractivity contribution in [1.29, 1.82) is 0 Å². The second kappa shape index (κ2) is 7.46. The van der Waals surface area contributed by atoms with Gasteiger partial charge in [0, 0.05) is 18.6 Å². The zero-order valence-corrected chi connectivity index (χ0v) is 12.6. The lowest BCUT2D eigenvalue weighted by molar-refractivity contribution is 0.240. The van der Waals surface area contributed by atoms with Crippen LogP contribution in [-0.2, 0) is 10.0 Å². The zero-order chi connectivity index (χ0) is 13.6. The van der Waals surface area contributed by atoms with Crippen LogP contribution < -0.4 is 5.73 Å². The summed E-state index contributed by atoms with van der Waals surface area (Å²) in [5, 5.41) is 0. The predicted molar refractivity (Wildman–Crippen MR) is 75.9 cm³/mol. The van der Waals surface area contributed by atoms with Gasteiger partial charge in [-0.15, -0.1) is 0 Å². The van der Waals surface area contributed by atoms with Crippen molar-refractivity contribution >= 4 is 10.0 Å². The van der Waals surface area contributed by atoms with Crippen LogP contribution in [0.3, 0.4) is 0 Å². The third kappa shape index (κ3) is 4.52. The lowest BCUT2D eigenvalue weighted by atomic mass is 9.92. The molecule has 1 aliphatic rings. The van der Waals surface area contributed by atoms with E-state index in [1.54, 1.807) is 4.31 Å². The Kier molecular flexibility index (Phi) is 6.60. The van der Waals surface area contributed by atoms with Crippen LogP contribution in [0, 0.1) is 0 Å². The van der Waals surface area contributed by atoms with E-state index in [9.17, 15) is 8.42 Å². The predicted octanol–water partition coefficient (Wildman–Crippen LogP) is 2.10. The highest BCUT2D eigenvalue weighted by molar-refractivity contribution is 7.89. The Bertz CT molecular complexity index is 322. The molecule has 0 heterocycles. The first kappa shape index (κ1) is 15.9. The lowest BCUT2D eigenvalue weighted by Crippen LogP contribution is -2.45. The fourth-order valence-electron chi connectivity index (χ4n) is 2.60. The van der Waals surface area contributed by atoms with Crippen molar-refractivity contribution in [3.63, 3.8) is 0 Å². The van der Waals surface area contributed by atoms with E-state index in [0.717, 1.165) is 44.9 Å². The maximum Gasteiger partial charge on any atom is 0.214 e. The number of unbranched alkanes of at least 4 members (excludes halogenated alkanes) is 1. The van der Waals surface area contributed by atoms with Gasteiger partial charge in [0.25, 0.3) is 0 Å². The second-order valence-electron chi connectivity index (χ2n) is 5.35. The van der Waals surface area contributed by atoms with E-state index in [2.05, 4.69) is 0 Å². The SMILES string of the molecule is CCCCS(=O)(=O)N(CCC)C1CCC(N)CC1. The summed E-state index contributed by atoms with van der Waals surface area (Å²) in [6.07, 6.45) is 6.32. The van der Waals surface area contributed by atoms with Crippen LogP contribution in [0.4, 0.5) is 0 Å². The quantitative estimate of drug-likeness (QED) is 0.774. The molecule has 0 aromatic heterocycles. The number of hydrogen-bond donors (Lipinski definition) is 1. The molecule has 2 N–H and O–H groups in total. The molecule has 108 valence electrons. The van der Waals surface area contributed by atoms with Gasteiger partial charge >= 0.3 is 0 Å². The maximum absolute atomic E-state index is 12.4. The number of hydrogen-bond acceptors (Lipinski definition) is 3. The van der Waals surface area contributed by atoms with Crippen LogP contribution in [0.25, 0.3) is 0 Å². The number of sulfonamides is 1. The molecule has 18 heavy (non-hydrogen) atoms. The normalized spacial score (nSPS) is 25.6. The summed E-state index contributed by atoms with van der Waals surface area (Å²) in [5.74, 6) is 0.298. The van der Waals surface area contributed by atoms with E-state index in [4.69, 9.17) is 5.73 Å². The molecule has 1 aliphatic carbocycles. The molecule has 0 saturated heterocycles. The Morgan fingerprint density at radius 1 is 1.11 bits per heavy atom. The van der Waals surface area contributed by atoms with Crippen LogP contribution >= 0.6 is 0 Å². The highest BCUT2D eigenvalue weighted by Crippen LogP contribution is 2.25. The van der Waals surface area contributed by atoms with Crippen molar-refractivity contribution in [2.75, 3.05) is 12.3 Å². The first-order chi connectivity index (χ1) is 8.51. The average Bonchev–Trinajstić information content (AvgIpc) is 2.35. The molecule has 0 aromatic carbocycles. The van der Waals surface area contributed by atoms with Gasteiger partial charge in [-0.2, -0.15) is 4.31 Å². The molecule has 0 bridgehead atoms. The number of nitrogens with two attached hydrogens (primary N) is 1. The smallest absolute Gasteiger partial charge is 0.214 e. The average molecular weight is 276 g/mol. The Labute approximate surface area is 112 Å². The molecule has 1 fully saturated rings. The van der Waals surface area contributed by atoms with E-state index < -0.39 is 10.0 Å². The molecular formula is C13H28N2O2S. The van der Waals surface area contributed by atoms with E-state index in [0.29, 0.717) is 12.3 Å². The number of nitrogens with zero attached hydrogens (tertiary/aromatic N) is 1. The zero-order valence-electron chi connectivity index (χ0n) is 11.8. The summed E-state index contributed by atoms with van der Waals surface area (Å²) >= 11 is 0. The first-order valence-corrected chi connectivity index (χ1v) is 8.87. The van der Waals surface area contributed by atoms with Crippen LogP contribution in [0.5, 0.6) is 0 Å². The van der Waals surface area contributed by atoms with Gasteiger partial charge in [-0.05, 0) is 38.5 Å². The van der Waals surface area contributed by atoms with Gasteiger partial charge in [-0.3, -0.25) is 0 Å². The molecule has 0 aromatic rings. The molecule has 1 saturated carbocycles. The van der Waals surface area contributed by atoms with Crippen molar-refractivity contribution in [3.05, 3.63) is 0 Å².